The van der Waals surface area contributed by atoms with Crippen LogP contribution < -0.4 is 5.73 Å². The Balaban J connectivity index is 6.44. The van der Waals surface area contributed by atoms with Crippen LogP contribution >= 0.6 is 0 Å². The Morgan fingerprint density at radius 2 is 0.767 bits per heavy atom. The van der Waals surface area contributed by atoms with E-state index in [1.54, 1.807) is 0 Å². The molecule has 30 heavy (non-hydrogen) atoms. The number of hydrogen-bond donors (Lipinski definition) is 7. The van der Waals surface area contributed by atoms with Crippen LogP contribution in [0.2, 0.25) is 0 Å². The number of hydrogen-bond acceptors (Lipinski definition) is 10. The number of nitrogens with two attached hydrogens (primary N) is 1. The van der Waals surface area contributed by atoms with E-state index in [1.165, 1.54) is 0 Å². The van der Waals surface area contributed by atoms with E-state index in [4.69, 9.17) is 36.4 Å². The number of aliphatic carboxylic acids is 6. The fourth-order valence-electron chi connectivity index (χ4n) is 2.59. The van der Waals surface area contributed by atoms with Crippen molar-refractivity contribution >= 4 is 35.8 Å². The summed E-state index contributed by atoms with van der Waals surface area (Å²) >= 11 is 0. The lowest BCUT2D eigenvalue weighted by Gasteiger charge is -2.47. The van der Waals surface area contributed by atoms with E-state index >= 15 is 0 Å². The second kappa shape index (κ2) is 11.6. The molecule has 0 heterocycles. The molecule has 170 valence electrons. The highest BCUT2D eigenvalue weighted by Gasteiger charge is 2.44. The molecule has 8 N–H and O–H groups in total. The van der Waals surface area contributed by atoms with Crippen LogP contribution in [0.25, 0.3) is 0 Å². The number of carbonyl (C=O) groups is 6. The first-order chi connectivity index (χ1) is 13.7. The number of nitrogens with zero attached hydrogens (tertiary/aromatic N) is 3. The van der Waals surface area contributed by atoms with Gasteiger partial charge in [0.05, 0.1) is 39.3 Å². The van der Waals surface area contributed by atoms with Gasteiger partial charge in [0.1, 0.15) is 5.79 Å². The van der Waals surface area contributed by atoms with E-state index in [0.717, 1.165) is 0 Å². The Morgan fingerprint density at radius 1 is 0.533 bits per heavy atom. The van der Waals surface area contributed by atoms with Crippen molar-refractivity contribution in [2.24, 2.45) is 5.73 Å². The molecule has 0 saturated heterocycles. The summed E-state index contributed by atoms with van der Waals surface area (Å²) in [4.78, 5) is 68.6. The van der Waals surface area contributed by atoms with E-state index in [2.05, 4.69) is 0 Å². The molecule has 0 aromatic heterocycles. The largest absolute Gasteiger partial charge is 0.480 e. The highest BCUT2D eigenvalue weighted by atomic mass is 16.4. The summed E-state index contributed by atoms with van der Waals surface area (Å²) in [5, 5.41) is 54.3. The van der Waals surface area contributed by atoms with Crippen molar-refractivity contribution in [3.8, 4) is 0 Å². The molecular weight excluding hydrogens is 416 g/mol. The molecule has 0 saturated carbocycles. The predicted molar refractivity (Wildman–Crippen MR) is 92.3 cm³/mol. The van der Waals surface area contributed by atoms with Gasteiger partial charge in [-0.1, -0.05) is 0 Å². The lowest BCUT2D eigenvalue weighted by Crippen LogP contribution is -2.74. The van der Waals surface area contributed by atoms with Crippen molar-refractivity contribution in [2.45, 2.75) is 5.79 Å². The van der Waals surface area contributed by atoms with Gasteiger partial charge >= 0.3 is 35.8 Å². The standard InChI is InChI=1S/C14H22N4O12/c15-14(17(3-10(23)24)4-11(25)26,18(5-12(27)28)6-13(29)30)7-16(1-8(19)20)2-9(21)22/h1-7,15H2,(H,19,20)(H,21,22)(H,23,24)(H,25,26)(H,27,28)(H,29,30). The van der Waals surface area contributed by atoms with E-state index in [0.29, 0.717) is 14.7 Å². The molecule has 0 spiro atoms. The van der Waals surface area contributed by atoms with Crippen LogP contribution in [0, 0.1) is 0 Å². The van der Waals surface area contributed by atoms with Crippen LogP contribution in [0.5, 0.6) is 0 Å². The van der Waals surface area contributed by atoms with Gasteiger partial charge in [0.2, 0.25) is 0 Å². The minimum atomic E-state index is -2.50. The quantitative estimate of drug-likeness (QED) is 0.113. The van der Waals surface area contributed by atoms with Crippen molar-refractivity contribution in [2.75, 3.05) is 45.8 Å². The second-order valence-electron chi connectivity index (χ2n) is 6.10. The molecule has 0 aromatic rings. The van der Waals surface area contributed by atoms with Gasteiger partial charge in [-0.3, -0.25) is 39.4 Å². The predicted octanol–water partition coefficient (Wildman–Crippen LogP) is -3.99. The van der Waals surface area contributed by atoms with Gasteiger partial charge in [-0.25, -0.2) is 9.80 Å². The van der Waals surface area contributed by atoms with E-state index in [-0.39, 0.29) is 0 Å². The molecule has 16 heteroatoms. The maximum absolute atomic E-state index is 11.2. The third-order valence-corrected chi connectivity index (χ3v) is 3.57. The summed E-state index contributed by atoms with van der Waals surface area (Å²) < 4.78 is 0. The van der Waals surface area contributed by atoms with Crippen LogP contribution in [-0.2, 0) is 28.8 Å². The summed E-state index contributed by atoms with van der Waals surface area (Å²) in [5.74, 6) is -12.0. The third-order valence-electron chi connectivity index (χ3n) is 3.57. The minimum absolute atomic E-state index is 0.500. The lowest BCUT2D eigenvalue weighted by molar-refractivity contribution is -0.163. The van der Waals surface area contributed by atoms with Gasteiger partial charge < -0.3 is 30.6 Å². The van der Waals surface area contributed by atoms with Gasteiger partial charge in [0.25, 0.3) is 0 Å². The normalized spacial score (nSPS) is 11.6. The number of rotatable bonds is 16. The Morgan fingerprint density at radius 3 is 0.967 bits per heavy atom. The van der Waals surface area contributed by atoms with Gasteiger partial charge in [-0.15, -0.1) is 0 Å². The first-order valence-electron chi connectivity index (χ1n) is 7.99. The summed E-state index contributed by atoms with van der Waals surface area (Å²) in [6, 6.07) is 0. The zero-order chi connectivity index (χ0) is 23.6. The minimum Gasteiger partial charge on any atom is -0.480 e. The molecule has 0 amide bonds. The van der Waals surface area contributed by atoms with Gasteiger partial charge in [-0.2, -0.15) is 0 Å². The van der Waals surface area contributed by atoms with E-state index < -0.39 is 87.4 Å². The molecule has 0 unspecified atom stereocenters. The molecule has 0 rings (SSSR count). The molecule has 0 bridgehead atoms. The molecule has 16 nitrogen and oxygen atoms in total. The molecule has 0 fully saturated rings. The number of carboxylic acid groups (broad SMARTS) is 6. The van der Waals surface area contributed by atoms with Crippen LogP contribution in [0.4, 0.5) is 0 Å². The van der Waals surface area contributed by atoms with Crippen LogP contribution in [0.1, 0.15) is 0 Å². The van der Waals surface area contributed by atoms with Crippen LogP contribution in [-0.4, -0.2) is 133 Å². The van der Waals surface area contributed by atoms with Crippen LogP contribution in [0.15, 0.2) is 0 Å². The van der Waals surface area contributed by atoms with Crippen molar-refractivity contribution in [1.82, 2.24) is 14.7 Å². The summed E-state index contributed by atoms with van der Waals surface area (Å²) in [5.41, 5.74) is 6.10. The topological polar surface area (TPSA) is 260 Å². The molecule has 0 aromatic carbocycles. The lowest BCUT2D eigenvalue weighted by atomic mass is 10.2. The van der Waals surface area contributed by atoms with Crippen molar-refractivity contribution in [3.63, 3.8) is 0 Å². The average molecular weight is 438 g/mol. The van der Waals surface area contributed by atoms with E-state index in [9.17, 15) is 28.8 Å². The first-order valence-corrected chi connectivity index (χ1v) is 7.99. The fourth-order valence-corrected chi connectivity index (χ4v) is 2.59. The second-order valence-corrected chi connectivity index (χ2v) is 6.10. The zero-order valence-electron chi connectivity index (χ0n) is 15.5. The average Bonchev–Trinajstić information content (AvgIpc) is 2.50. The van der Waals surface area contributed by atoms with Gasteiger partial charge in [0.15, 0.2) is 0 Å². The monoisotopic (exact) mass is 438 g/mol. The maximum atomic E-state index is 11.2. The molecular formula is C14H22N4O12. The molecule has 0 aliphatic rings. The Kier molecular flexibility index (Phi) is 10.3. The number of carboxylic acids is 6. The molecule has 0 radical (unpaired) electrons. The van der Waals surface area contributed by atoms with Gasteiger partial charge in [0, 0.05) is 6.54 Å². The van der Waals surface area contributed by atoms with Crippen molar-refractivity contribution < 1.29 is 59.4 Å². The molecule has 0 aliphatic carbocycles. The molecule has 0 atom stereocenters. The Hall–Kier alpha value is -3.34. The smallest absolute Gasteiger partial charge is 0.317 e. The third kappa shape index (κ3) is 9.73. The highest BCUT2D eigenvalue weighted by molar-refractivity contribution is 5.75. The van der Waals surface area contributed by atoms with E-state index in [1.807, 2.05) is 0 Å². The van der Waals surface area contributed by atoms with Crippen molar-refractivity contribution in [1.29, 1.82) is 0 Å². The highest BCUT2D eigenvalue weighted by Crippen LogP contribution is 2.18. The maximum Gasteiger partial charge on any atom is 0.317 e. The summed E-state index contributed by atoms with van der Waals surface area (Å²) in [7, 11) is 0. The molecule has 0 aliphatic heterocycles. The Bertz CT molecular complexity index is 612. The SMILES string of the molecule is NC(CN(CC(=O)O)CC(=O)O)(N(CC(=O)O)CC(=O)O)N(CC(=O)O)CC(=O)O. The Labute approximate surface area is 168 Å². The zero-order valence-corrected chi connectivity index (χ0v) is 15.5. The van der Waals surface area contributed by atoms with Crippen LogP contribution in [0.3, 0.4) is 0 Å². The fraction of sp³-hybridized carbons (Fsp3) is 0.571. The van der Waals surface area contributed by atoms with Crippen molar-refractivity contribution in [3.05, 3.63) is 0 Å². The summed E-state index contributed by atoms with van der Waals surface area (Å²) in [6.07, 6.45) is 0. The first kappa shape index (κ1) is 26.7. The summed E-state index contributed by atoms with van der Waals surface area (Å²) in [6.45, 7) is -7.23. The van der Waals surface area contributed by atoms with Gasteiger partial charge in [-0.05, 0) is 0 Å².